The summed E-state index contributed by atoms with van der Waals surface area (Å²) >= 11 is 1.48. The molecule has 6 nitrogen and oxygen atoms in total. The minimum Gasteiger partial charge on any atom is -0.493 e. The monoisotopic (exact) mass is 290 g/mol. The highest BCUT2D eigenvalue weighted by Crippen LogP contribution is 2.32. The third-order valence-corrected chi connectivity index (χ3v) is 3.68. The van der Waals surface area contributed by atoms with Crippen molar-refractivity contribution in [2.45, 2.75) is 13.5 Å². The summed E-state index contributed by atoms with van der Waals surface area (Å²) in [5.41, 5.74) is 0.966. The number of ether oxygens (including phenoxy) is 2. The first-order valence-electron chi connectivity index (χ1n) is 6.25. The third-order valence-electron chi connectivity index (χ3n) is 2.75. The predicted octanol–water partition coefficient (Wildman–Crippen LogP) is 2.40. The number of nitrogens with zero attached hydrogens (tertiary/aromatic N) is 4. The topological polar surface area (TPSA) is 61.5 Å². The average Bonchev–Trinajstić information content (AvgIpc) is 3.02. The first-order valence-corrected chi connectivity index (χ1v) is 7.07. The molecule has 0 N–H and O–H groups in total. The molecule has 7 heteroatoms. The highest BCUT2D eigenvalue weighted by molar-refractivity contribution is 7.19. The molecule has 0 amide bonds. The van der Waals surface area contributed by atoms with Crippen LogP contribution in [0.5, 0.6) is 5.75 Å². The number of para-hydroxylation sites is 1. The van der Waals surface area contributed by atoms with Gasteiger partial charge in [0, 0.05) is 7.11 Å². The van der Waals surface area contributed by atoms with Crippen LogP contribution in [0.15, 0.2) is 24.3 Å². The molecule has 2 heterocycles. The van der Waals surface area contributed by atoms with Gasteiger partial charge in [-0.3, -0.25) is 0 Å². The first-order chi connectivity index (χ1) is 9.83. The van der Waals surface area contributed by atoms with E-state index in [1.165, 1.54) is 11.3 Å². The molecule has 0 unspecified atom stereocenters. The molecule has 0 aliphatic heterocycles. The molecular weight excluding hydrogens is 276 g/mol. The van der Waals surface area contributed by atoms with Crippen LogP contribution in [0.1, 0.15) is 12.7 Å². The van der Waals surface area contributed by atoms with Crippen LogP contribution in [0.2, 0.25) is 0 Å². The molecule has 3 aromatic rings. The molecule has 0 saturated heterocycles. The van der Waals surface area contributed by atoms with E-state index < -0.39 is 0 Å². The summed E-state index contributed by atoms with van der Waals surface area (Å²) in [4.78, 5) is 0.748. The lowest BCUT2D eigenvalue weighted by Crippen LogP contribution is -1.98. The molecule has 0 atom stereocenters. The Morgan fingerprint density at radius 3 is 2.90 bits per heavy atom. The molecule has 0 radical (unpaired) electrons. The van der Waals surface area contributed by atoms with E-state index in [0.29, 0.717) is 19.0 Å². The second-order valence-corrected chi connectivity index (χ2v) is 5.04. The van der Waals surface area contributed by atoms with Crippen LogP contribution in [0.25, 0.3) is 15.5 Å². The van der Waals surface area contributed by atoms with Crippen molar-refractivity contribution in [2.24, 2.45) is 0 Å². The molecule has 104 valence electrons. The highest BCUT2D eigenvalue weighted by atomic mass is 32.1. The molecule has 0 fully saturated rings. The Morgan fingerprint density at radius 2 is 2.10 bits per heavy atom. The Bertz CT molecular complexity index is 722. The molecule has 2 aromatic heterocycles. The third kappa shape index (κ3) is 2.25. The number of fused-ring (bicyclic) bond motifs is 1. The van der Waals surface area contributed by atoms with Gasteiger partial charge in [-0.25, -0.2) is 0 Å². The van der Waals surface area contributed by atoms with Crippen LogP contribution in [0, 0.1) is 0 Å². The van der Waals surface area contributed by atoms with Gasteiger partial charge in [-0.2, -0.15) is 9.61 Å². The number of hydrogen-bond donors (Lipinski definition) is 0. The maximum Gasteiger partial charge on any atom is 0.235 e. The van der Waals surface area contributed by atoms with Gasteiger partial charge in [0.25, 0.3) is 0 Å². The summed E-state index contributed by atoms with van der Waals surface area (Å²) in [7, 11) is 1.62. The fourth-order valence-electron chi connectivity index (χ4n) is 1.91. The van der Waals surface area contributed by atoms with E-state index in [1.807, 2.05) is 31.2 Å². The van der Waals surface area contributed by atoms with Crippen LogP contribution < -0.4 is 4.74 Å². The predicted molar refractivity (Wildman–Crippen MR) is 76.0 cm³/mol. The first kappa shape index (κ1) is 13.0. The van der Waals surface area contributed by atoms with E-state index in [0.717, 1.165) is 21.3 Å². The lowest BCUT2D eigenvalue weighted by molar-refractivity contribution is 0.176. The summed E-state index contributed by atoms with van der Waals surface area (Å²) in [6, 6.07) is 7.85. The van der Waals surface area contributed by atoms with Crippen LogP contribution in [-0.4, -0.2) is 33.5 Å². The van der Waals surface area contributed by atoms with Gasteiger partial charge in [-0.15, -0.1) is 10.2 Å². The Hall–Kier alpha value is -1.99. The fraction of sp³-hybridized carbons (Fsp3) is 0.308. The molecule has 0 spiro atoms. The van der Waals surface area contributed by atoms with Crippen molar-refractivity contribution in [3.8, 4) is 16.3 Å². The lowest BCUT2D eigenvalue weighted by Gasteiger charge is -2.06. The molecule has 0 aliphatic carbocycles. The van der Waals surface area contributed by atoms with E-state index in [1.54, 1.807) is 11.6 Å². The van der Waals surface area contributed by atoms with Crippen molar-refractivity contribution >= 4 is 16.3 Å². The molecule has 0 bridgehead atoms. The minimum absolute atomic E-state index is 0.386. The largest absolute Gasteiger partial charge is 0.493 e. The van der Waals surface area contributed by atoms with Crippen molar-refractivity contribution in [2.75, 3.05) is 13.7 Å². The Kier molecular flexibility index (Phi) is 3.62. The van der Waals surface area contributed by atoms with Crippen molar-refractivity contribution in [1.82, 2.24) is 19.8 Å². The Labute approximate surface area is 120 Å². The number of hydrogen-bond acceptors (Lipinski definition) is 6. The summed E-state index contributed by atoms with van der Waals surface area (Å²) < 4.78 is 12.4. The molecular formula is C13H14N4O2S. The summed E-state index contributed by atoms with van der Waals surface area (Å²) in [5.74, 6) is 1.52. The van der Waals surface area contributed by atoms with Crippen LogP contribution in [-0.2, 0) is 11.3 Å². The van der Waals surface area contributed by atoms with Crippen LogP contribution in [0.3, 0.4) is 0 Å². The standard InChI is InChI=1S/C13H14N4O2S/c1-3-19-10-7-5-4-6-9(10)12-16-17-11(8-18-2)14-15-13(17)20-12/h4-7H,3,8H2,1-2H3. The minimum atomic E-state index is 0.386. The summed E-state index contributed by atoms with van der Waals surface area (Å²) in [6.07, 6.45) is 0. The van der Waals surface area contributed by atoms with Crippen LogP contribution >= 0.6 is 11.3 Å². The van der Waals surface area contributed by atoms with E-state index in [2.05, 4.69) is 15.3 Å². The molecule has 1 aromatic carbocycles. The second-order valence-electron chi connectivity index (χ2n) is 4.08. The average molecular weight is 290 g/mol. The van der Waals surface area contributed by atoms with Gasteiger partial charge in [0.2, 0.25) is 4.96 Å². The van der Waals surface area contributed by atoms with Crippen molar-refractivity contribution < 1.29 is 9.47 Å². The molecule has 0 aliphatic rings. The Morgan fingerprint density at radius 1 is 1.25 bits per heavy atom. The zero-order valence-electron chi connectivity index (χ0n) is 11.2. The second kappa shape index (κ2) is 5.56. The van der Waals surface area contributed by atoms with Crippen molar-refractivity contribution in [3.63, 3.8) is 0 Å². The van der Waals surface area contributed by atoms with Gasteiger partial charge < -0.3 is 9.47 Å². The Balaban J connectivity index is 2.06. The normalized spacial score (nSPS) is 11.1. The van der Waals surface area contributed by atoms with Crippen LogP contribution in [0.4, 0.5) is 0 Å². The van der Waals surface area contributed by atoms with Gasteiger partial charge in [0.15, 0.2) is 10.8 Å². The molecule has 3 rings (SSSR count). The van der Waals surface area contributed by atoms with Gasteiger partial charge >= 0.3 is 0 Å². The van der Waals surface area contributed by atoms with Gasteiger partial charge in [0.1, 0.15) is 12.4 Å². The number of rotatable bonds is 5. The van der Waals surface area contributed by atoms with Gasteiger partial charge in [0.05, 0.1) is 12.2 Å². The quantitative estimate of drug-likeness (QED) is 0.722. The van der Waals surface area contributed by atoms with Crippen molar-refractivity contribution in [1.29, 1.82) is 0 Å². The smallest absolute Gasteiger partial charge is 0.235 e. The maximum absolute atomic E-state index is 5.64. The van der Waals surface area contributed by atoms with E-state index in [9.17, 15) is 0 Å². The summed E-state index contributed by atoms with van der Waals surface area (Å²) in [5, 5.41) is 13.6. The SMILES string of the molecule is CCOc1ccccc1-c1nn2c(COC)nnc2s1. The lowest BCUT2D eigenvalue weighted by atomic mass is 10.2. The maximum atomic E-state index is 5.64. The number of aromatic nitrogens is 4. The number of benzene rings is 1. The van der Waals surface area contributed by atoms with E-state index >= 15 is 0 Å². The molecule has 0 saturated carbocycles. The zero-order chi connectivity index (χ0) is 13.9. The zero-order valence-corrected chi connectivity index (χ0v) is 12.1. The van der Waals surface area contributed by atoms with E-state index in [4.69, 9.17) is 9.47 Å². The highest BCUT2D eigenvalue weighted by Gasteiger charge is 2.15. The van der Waals surface area contributed by atoms with Crippen molar-refractivity contribution in [3.05, 3.63) is 30.1 Å². The van der Waals surface area contributed by atoms with Gasteiger partial charge in [-0.05, 0) is 19.1 Å². The van der Waals surface area contributed by atoms with E-state index in [-0.39, 0.29) is 0 Å². The molecule has 20 heavy (non-hydrogen) atoms. The summed E-state index contributed by atoms with van der Waals surface area (Å²) in [6.45, 7) is 2.97. The fourth-order valence-corrected chi connectivity index (χ4v) is 2.80. The van der Waals surface area contributed by atoms with Gasteiger partial charge in [-0.1, -0.05) is 23.5 Å². The number of methoxy groups -OCH3 is 1.